The number of carbonyl (C=O) groups is 2. The van der Waals surface area contributed by atoms with E-state index in [1.807, 2.05) is 6.92 Å². The Morgan fingerprint density at radius 2 is 2.04 bits per heavy atom. The molecule has 0 unspecified atom stereocenters. The smallest absolute Gasteiger partial charge is 0.262 e. The maximum absolute atomic E-state index is 13.0. The number of thioether (sulfide) groups is 1. The molecule has 1 amide bonds. The molecule has 0 fully saturated rings. The van der Waals surface area contributed by atoms with Crippen LogP contribution < -0.4 is 9.62 Å². The minimum Gasteiger partial charge on any atom is -0.310 e. The largest absolute Gasteiger partial charge is 0.310 e. The second kappa shape index (κ2) is 6.38. The predicted octanol–water partition coefficient (Wildman–Crippen LogP) is 3.07. The lowest BCUT2D eigenvalue weighted by Crippen LogP contribution is -2.35. The molecular formula is C19H18N2O4S2. The first kappa shape index (κ1) is 18.1. The molecule has 0 bridgehead atoms. The topological polar surface area (TPSA) is 83.5 Å². The molecule has 4 rings (SSSR count). The fourth-order valence-corrected chi connectivity index (χ4v) is 5.93. The molecule has 140 valence electrons. The molecule has 0 radical (unpaired) electrons. The Kier molecular flexibility index (Phi) is 4.27. The summed E-state index contributed by atoms with van der Waals surface area (Å²) >= 11 is 1.65. The van der Waals surface area contributed by atoms with Crippen LogP contribution in [0.1, 0.15) is 29.8 Å². The molecule has 2 heterocycles. The van der Waals surface area contributed by atoms with Gasteiger partial charge in [-0.3, -0.25) is 14.3 Å². The number of hydrogen-bond donors (Lipinski definition) is 1. The van der Waals surface area contributed by atoms with Crippen molar-refractivity contribution < 1.29 is 18.0 Å². The van der Waals surface area contributed by atoms with Gasteiger partial charge in [0, 0.05) is 33.5 Å². The fraction of sp³-hybridized carbons (Fsp3) is 0.263. The Morgan fingerprint density at radius 3 is 2.78 bits per heavy atom. The van der Waals surface area contributed by atoms with Gasteiger partial charge in [-0.25, -0.2) is 8.42 Å². The minimum absolute atomic E-state index is 0.0698. The molecule has 0 saturated carbocycles. The number of Topliss-reactive ketones (excluding diaryl/α,β-unsaturated/α-hetero) is 1. The molecule has 1 atom stereocenters. The van der Waals surface area contributed by atoms with Crippen molar-refractivity contribution in [3.8, 4) is 0 Å². The zero-order valence-corrected chi connectivity index (χ0v) is 16.5. The highest BCUT2D eigenvalue weighted by atomic mass is 32.2. The molecule has 0 aliphatic carbocycles. The number of ketones is 1. The van der Waals surface area contributed by atoms with E-state index in [-0.39, 0.29) is 28.3 Å². The van der Waals surface area contributed by atoms with Gasteiger partial charge in [0.1, 0.15) is 0 Å². The number of benzene rings is 2. The van der Waals surface area contributed by atoms with Crippen LogP contribution in [0.25, 0.3) is 0 Å². The number of nitrogens with zero attached hydrogens (tertiary/aromatic N) is 1. The van der Waals surface area contributed by atoms with Crippen molar-refractivity contribution in [2.75, 3.05) is 16.2 Å². The van der Waals surface area contributed by atoms with E-state index in [9.17, 15) is 18.0 Å². The number of rotatable bonds is 4. The Bertz CT molecular complexity index is 1080. The van der Waals surface area contributed by atoms with E-state index in [4.69, 9.17) is 0 Å². The molecule has 0 spiro atoms. The van der Waals surface area contributed by atoms with Crippen LogP contribution in [0.4, 0.5) is 11.4 Å². The van der Waals surface area contributed by atoms with Crippen LogP contribution in [0.2, 0.25) is 0 Å². The summed E-state index contributed by atoms with van der Waals surface area (Å²) in [5.74, 6) is -0.213. The van der Waals surface area contributed by atoms with E-state index in [0.717, 1.165) is 10.6 Å². The van der Waals surface area contributed by atoms with Crippen molar-refractivity contribution in [1.82, 2.24) is 0 Å². The van der Waals surface area contributed by atoms with Gasteiger partial charge in [-0.05, 0) is 31.2 Å². The van der Waals surface area contributed by atoms with Crippen LogP contribution in [-0.4, -0.2) is 31.9 Å². The van der Waals surface area contributed by atoms with Crippen molar-refractivity contribution in [2.45, 2.75) is 35.3 Å². The van der Waals surface area contributed by atoms with Crippen LogP contribution in [0.5, 0.6) is 0 Å². The van der Waals surface area contributed by atoms with Gasteiger partial charge in [-0.1, -0.05) is 19.1 Å². The first-order valence-electron chi connectivity index (χ1n) is 8.53. The van der Waals surface area contributed by atoms with Crippen molar-refractivity contribution in [2.24, 2.45) is 0 Å². The van der Waals surface area contributed by atoms with Gasteiger partial charge in [0.25, 0.3) is 10.0 Å². The van der Waals surface area contributed by atoms with E-state index in [2.05, 4.69) is 4.72 Å². The fourth-order valence-electron chi connectivity index (χ4n) is 3.50. The monoisotopic (exact) mass is 402 g/mol. The number of carbonyl (C=O) groups excluding carboxylic acids is 2. The van der Waals surface area contributed by atoms with Gasteiger partial charge in [0.05, 0.1) is 17.0 Å². The Morgan fingerprint density at radius 1 is 1.26 bits per heavy atom. The maximum atomic E-state index is 13.0. The SMILES string of the molecule is CC(=O)c1cccc(NS(=O)(=O)c2ccc3c4c2CC(=O)N4C[C@@H](C)S3)c1. The number of hydrogen-bond acceptors (Lipinski definition) is 5. The average molecular weight is 402 g/mol. The first-order valence-corrected chi connectivity index (χ1v) is 10.9. The molecule has 0 saturated heterocycles. The number of sulfonamides is 1. The molecule has 2 aliphatic heterocycles. The third-order valence-electron chi connectivity index (χ3n) is 4.68. The molecule has 27 heavy (non-hydrogen) atoms. The van der Waals surface area contributed by atoms with E-state index >= 15 is 0 Å². The van der Waals surface area contributed by atoms with Gasteiger partial charge >= 0.3 is 0 Å². The zero-order valence-electron chi connectivity index (χ0n) is 14.9. The summed E-state index contributed by atoms with van der Waals surface area (Å²) < 4.78 is 28.5. The molecule has 2 aromatic carbocycles. The van der Waals surface area contributed by atoms with Crippen molar-refractivity contribution in [3.05, 3.63) is 47.5 Å². The molecule has 0 aromatic heterocycles. The van der Waals surface area contributed by atoms with E-state index in [1.165, 1.54) is 13.0 Å². The highest BCUT2D eigenvalue weighted by molar-refractivity contribution is 8.00. The molecule has 2 aliphatic rings. The second-order valence-corrected chi connectivity index (χ2v) is 9.87. The number of amides is 1. The Labute approximate surface area is 162 Å². The molecule has 8 heteroatoms. The first-order chi connectivity index (χ1) is 12.8. The highest BCUT2D eigenvalue weighted by Crippen LogP contribution is 2.46. The lowest BCUT2D eigenvalue weighted by Gasteiger charge is -2.29. The predicted molar refractivity (Wildman–Crippen MR) is 105 cm³/mol. The normalized spacial score (nSPS) is 18.4. The quantitative estimate of drug-likeness (QED) is 0.795. The Hall–Kier alpha value is -2.32. The summed E-state index contributed by atoms with van der Waals surface area (Å²) in [6, 6.07) is 9.69. The lowest BCUT2D eigenvalue weighted by atomic mass is 10.1. The minimum atomic E-state index is -3.89. The summed E-state index contributed by atoms with van der Waals surface area (Å²) in [5, 5.41) is 0.266. The van der Waals surface area contributed by atoms with Crippen molar-refractivity contribution >= 4 is 44.9 Å². The van der Waals surface area contributed by atoms with Crippen LogP contribution in [0.15, 0.2) is 46.2 Å². The maximum Gasteiger partial charge on any atom is 0.262 e. The van der Waals surface area contributed by atoms with Gasteiger partial charge < -0.3 is 4.90 Å². The zero-order chi connectivity index (χ0) is 19.3. The van der Waals surface area contributed by atoms with Crippen LogP contribution in [0, 0.1) is 0 Å². The summed E-state index contributed by atoms with van der Waals surface area (Å²) in [6.07, 6.45) is 0.0835. The van der Waals surface area contributed by atoms with Crippen LogP contribution in [-0.2, 0) is 21.2 Å². The third-order valence-corrected chi connectivity index (χ3v) is 7.28. The van der Waals surface area contributed by atoms with Gasteiger partial charge in [0.2, 0.25) is 5.91 Å². The van der Waals surface area contributed by atoms with Crippen molar-refractivity contribution in [1.29, 1.82) is 0 Å². The third kappa shape index (κ3) is 3.12. The standard InChI is InChI=1S/C19H18N2O4S2/c1-11-10-21-18(23)9-15-17(7-6-16(26-11)19(15)21)27(24,25)20-14-5-3-4-13(8-14)12(2)22/h3-8,11,20H,9-10H2,1-2H3/t11-/m1/s1. The summed E-state index contributed by atoms with van der Waals surface area (Å²) in [4.78, 5) is 26.7. The number of anilines is 2. The van der Waals surface area contributed by atoms with Gasteiger partial charge in [-0.15, -0.1) is 11.8 Å². The van der Waals surface area contributed by atoms with Crippen molar-refractivity contribution in [3.63, 3.8) is 0 Å². The summed E-state index contributed by atoms with van der Waals surface area (Å²) in [6.45, 7) is 4.06. The highest BCUT2D eigenvalue weighted by Gasteiger charge is 2.38. The summed E-state index contributed by atoms with van der Waals surface area (Å²) in [7, 11) is -3.89. The molecule has 6 nitrogen and oxygen atoms in total. The van der Waals surface area contributed by atoms with Gasteiger partial charge in [-0.2, -0.15) is 0 Å². The van der Waals surface area contributed by atoms with Crippen LogP contribution in [0.3, 0.4) is 0 Å². The van der Waals surface area contributed by atoms with E-state index in [0.29, 0.717) is 23.4 Å². The van der Waals surface area contributed by atoms with E-state index in [1.54, 1.807) is 47.0 Å². The van der Waals surface area contributed by atoms with Gasteiger partial charge in [0.15, 0.2) is 5.78 Å². The molecule has 2 aromatic rings. The molecule has 1 N–H and O–H groups in total. The van der Waals surface area contributed by atoms with E-state index < -0.39 is 10.0 Å². The Balaban J connectivity index is 1.75. The summed E-state index contributed by atoms with van der Waals surface area (Å²) in [5.41, 5.74) is 2.02. The number of nitrogens with one attached hydrogen (secondary N) is 1. The lowest BCUT2D eigenvalue weighted by molar-refractivity contribution is -0.117. The average Bonchev–Trinajstić information content (AvgIpc) is 2.92. The van der Waals surface area contributed by atoms with Crippen LogP contribution >= 0.6 is 11.8 Å². The molecular weight excluding hydrogens is 384 g/mol. The second-order valence-electron chi connectivity index (χ2n) is 6.74.